The molecule has 1 aliphatic rings. The molecule has 152 valence electrons. The minimum Gasteiger partial charge on any atom is -0.492 e. The summed E-state index contributed by atoms with van der Waals surface area (Å²) in [7, 11) is 0. The van der Waals surface area contributed by atoms with Crippen molar-refractivity contribution in [2.75, 3.05) is 5.32 Å². The zero-order chi connectivity index (χ0) is 20.8. The van der Waals surface area contributed by atoms with E-state index in [1.165, 1.54) is 21.5 Å². The Balaban J connectivity index is 1.85. The van der Waals surface area contributed by atoms with Crippen LogP contribution in [0, 0.1) is 5.41 Å². The van der Waals surface area contributed by atoms with Gasteiger partial charge in [0.2, 0.25) is 5.88 Å². The van der Waals surface area contributed by atoms with E-state index in [1.807, 2.05) is 20.8 Å². The average Bonchev–Trinajstić information content (AvgIpc) is 3.35. The molecule has 3 aromatic heterocycles. The summed E-state index contributed by atoms with van der Waals surface area (Å²) in [6.07, 6.45) is 6.36. The van der Waals surface area contributed by atoms with Crippen LogP contribution in [0.15, 0.2) is 29.5 Å². The summed E-state index contributed by atoms with van der Waals surface area (Å²) in [5.41, 5.74) is -0.720. The van der Waals surface area contributed by atoms with E-state index < -0.39 is 17.3 Å². The predicted molar refractivity (Wildman–Crippen MR) is 106 cm³/mol. The number of rotatable bonds is 5. The van der Waals surface area contributed by atoms with Crippen LogP contribution in [-0.4, -0.2) is 41.2 Å². The second-order valence-electron chi connectivity index (χ2n) is 8.41. The molecule has 0 spiro atoms. The minimum absolute atomic E-state index is 0.0552. The first kappa shape index (κ1) is 18.9. The highest BCUT2D eigenvalue weighted by Crippen LogP contribution is 2.25. The molecule has 10 heteroatoms. The summed E-state index contributed by atoms with van der Waals surface area (Å²) in [5, 5.41) is 20.8. The molecule has 0 atom stereocenters. The third-order valence-corrected chi connectivity index (χ3v) is 4.44. The molecule has 3 aromatic rings. The summed E-state index contributed by atoms with van der Waals surface area (Å²) < 4.78 is 2.67. The van der Waals surface area contributed by atoms with Gasteiger partial charge in [-0.3, -0.25) is 19.1 Å². The number of aromatic hydroxyl groups is 1. The molecule has 0 radical (unpaired) electrons. The van der Waals surface area contributed by atoms with Crippen molar-refractivity contribution < 1.29 is 9.90 Å². The summed E-state index contributed by atoms with van der Waals surface area (Å²) >= 11 is 0. The Morgan fingerprint density at radius 2 is 2.03 bits per heavy atom. The zero-order valence-electron chi connectivity index (χ0n) is 16.5. The molecule has 0 aromatic carbocycles. The number of carbonyl (C=O) groups excluding carboxylic acids is 1. The van der Waals surface area contributed by atoms with Crippen LogP contribution in [-0.2, 0) is 6.54 Å². The monoisotopic (exact) mass is 397 g/mol. The smallest absolute Gasteiger partial charge is 0.270 e. The van der Waals surface area contributed by atoms with Crippen molar-refractivity contribution in [2.45, 2.75) is 46.2 Å². The first-order valence-electron chi connectivity index (χ1n) is 9.42. The number of amides is 1. The van der Waals surface area contributed by atoms with Crippen molar-refractivity contribution in [1.82, 2.24) is 29.5 Å². The molecule has 0 bridgehead atoms. The van der Waals surface area contributed by atoms with Crippen LogP contribution in [0.3, 0.4) is 0 Å². The molecule has 3 N–H and O–H groups in total. The van der Waals surface area contributed by atoms with Crippen LogP contribution in [0.2, 0.25) is 0 Å². The predicted octanol–water partition coefficient (Wildman–Crippen LogP) is 1.67. The van der Waals surface area contributed by atoms with Crippen molar-refractivity contribution in [3.63, 3.8) is 0 Å². The molecule has 1 fully saturated rings. The molecule has 3 heterocycles. The highest BCUT2D eigenvalue weighted by atomic mass is 16.3. The van der Waals surface area contributed by atoms with Gasteiger partial charge in [0.25, 0.3) is 11.5 Å². The number of fused-ring (bicyclic) bond motifs is 1. The quantitative estimate of drug-likeness (QED) is 0.598. The fourth-order valence-electron chi connectivity index (χ4n) is 3.03. The van der Waals surface area contributed by atoms with Gasteiger partial charge in [0, 0.05) is 31.0 Å². The number of carbonyl (C=O) groups is 1. The minimum atomic E-state index is -0.585. The van der Waals surface area contributed by atoms with Gasteiger partial charge in [0.1, 0.15) is 11.5 Å². The molecule has 1 saturated carbocycles. The van der Waals surface area contributed by atoms with Crippen molar-refractivity contribution in [2.24, 2.45) is 5.41 Å². The molecule has 0 saturated heterocycles. The SMILES string of the molecule is CC(C)(C)Cn1c(=O)c(C(=O)NC2CC2)c(O)n2nc(Nc3cnccn3)cc12. The molecule has 1 amide bonds. The average molecular weight is 397 g/mol. The first-order valence-corrected chi connectivity index (χ1v) is 9.42. The number of hydrogen-bond acceptors (Lipinski definition) is 7. The number of aromatic nitrogens is 5. The maximum absolute atomic E-state index is 13.2. The van der Waals surface area contributed by atoms with Crippen LogP contribution in [0.25, 0.3) is 5.65 Å². The molecule has 0 aliphatic heterocycles. The first-order chi connectivity index (χ1) is 13.7. The van der Waals surface area contributed by atoms with E-state index >= 15 is 0 Å². The third kappa shape index (κ3) is 3.91. The standard InChI is InChI=1S/C19H23N7O3/c1-19(2,3)10-25-14-8-12(23-13-9-20-6-7-21-13)24-26(14)18(29)15(17(25)28)16(27)22-11-4-5-11/h6-9,11,29H,4-5,10H2,1-3H3,(H,22,27)(H,21,23,24). The number of nitrogens with zero attached hydrogens (tertiary/aromatic N) is 5. The lowest BCUT2D eigenvalue weighted by atomic mass is 9.97. The molecule has 4 rings (SSSR count). The lowest BCUT2D eigenvalue weighted by molar-refractivity contribution is 0.0944. The Morgan fingerprint density at radius 1 is 1.28 bits per heavy atom. The van der Waals surface area contributed by atoms with Crippen molar-refractivity contribution in [1.29, 1.82) is 0 Å². The normalized spacial score (nSPS) is 14.2. The van der Waals surface area contributed by atoms with Gasteiger partial charge in [0.05, 0.1) is 6.20 Å². The van der Waals surface area contributed by atoms with Gasteiger partial charge in [0.15, 0.2) is 11.4 Å². The van der Waals surface area contributed by atoms with Gasteiger partial charge in [-0.2, -0.15) is 4.52 Å². The van der Waals surface area contributed by atoms with E-state index in [-0.39, 0.29) is 17.0 Å². The van der Waals surface area contributed by atoms with Crippen molar-refractivity contribution in [3.8, 4) is 5.88 Å². The van der Waals surface area contributed by atoms with Gasteiger partial charge in [-0.1, -0.05) is 20.8 Å². The lowest BCUT2D eigenvalue weighted by Gasteiger charge is -2.21. The summed E-state index contributed by atoms with van der Waals surface area (Å²) in [4.78, 5) is 33.9. The van der Waals surface area contributed by atoms with Crippen LogP contribution >= 0.6 is 0 Å². The molecular weight excluding hydrogens is 374 g/mol. The zero-order valence-corrected chi connectivity index (χ0v) is 16.5. The maximum Gasteiger partial charge on any atom is 0.270 e. The van der Waals surface area contributed by atoms with Gasteiger partial charge < -0.3 is 15.7 Å². The van der Waals surface area contributed by atoms with E-state index in [4.69, 9.17) is 0 Å². The molecule has 29 heavy (non-hydrogen) atoms. The summed E-state index contributed by atoms with van der Waals surface area (Å²) in [5.74, 6) is -0.242. The number of anilines is 2. The fraction of sp³-hybridized carbons (Fsp3) is 0.421. The van der Waals surface area contributed by atoms with E-state index in [0.29, 0.717) is 23.8 Å². The van der Waals surface area contributed by atoms with Crippen LogP contribution in [0.5, 0.6) is 5.88 Å². The lowest BCUT2D eigenvalue weighted by Crippen LogP contribution is -2.37. The molecule has 10 nitrogen and oxygen atoms in total. The number of nitrogens with one attached hydrogen (secondary N) is 2. The Morgan fingerprint density at radius 3 is 2.66 bits per heavy atom. The van der Waals surface area contributed by atoms with Gasteiger partial charge in [-0.05, 0) is 18.3 Å². The van der Waals surface area contributed by atoms with Gasteiger partial charge in [-0.25, -0.2) is 4.98 Å². The second-order valence-corrected chi connectivity index (χ2v) is 8.41. The van der Waals surface area contributed by atoms with Crippen LogP contribution < -0.4 is 16.2 Å². The Hall–Kier alpha value is -3.43. The molecule has 0 unspecified atom stereocenters. The number of hydrogen-bond donors (Lipinski definition) is 3. The van der Waals surface area contributed by atoms with E-state index in [9.17, 15) is 14.7 Å². The topological polar surface area (TPSA) is 126 Å². The maximum atomic E-state index is 13.2. The van der Waals surface area contributed by atoms with E-state index in [2.05, 4.69) is 25.7 Å². The van der Waals surface area contributed by atoms with E-state index in [0.717, 1.165) is 12.8 Å². The summed E-state index contributed by atoms with van der Waals surface area (Å²) in [6.45, 7) is 6.31. The summed E-state index contributed by atoms with van der Waals surface area (Å²) in [6, 6.07) is 1.68. The Labute approximate surface area is 166 Å². The fourth-order valence-corrected chi connectivity index (χ4v) is 3.03. The highest BCUT2D eigenvalue weighted by Gasteiger charge is 2.30. The highest BCUT2D eigenvalue weighted by molar-refractivity contribution is 5.96. The van der Waals surface area contributed by atoms with E-state index in [1.54, 1.807) is 12.3 Å². The second kappa shape index (κ2) is 6.87. The van der Waals surface area contributed by atoms with Crippen LogP contribution in [0.4, 0.5) is 11.6 Å². The Kier molecular flexibility index (Phi) is 4.48. The largest absolute Gasteiger partial charge is 0.492 e. The van der Waals surface area contributed by atoms with Gasteiger partial charge >= 0.3 is 0 Å². The van der Waals surface area contributed by atoms with Gasteiger partial charge in [-0.15, -0.1) is 5.10 Å². The Bertz CT molecular complexity index is 1120. The third-order valence-electron chi connectivity index (χ3n) is 4.44. The molecule has 1 aliphatic carbocycles. The molecular formula is C19H23N7O3. The van der Waals surface area contributed by atoms with Crippen LogP contribution in [0.1, 0.15) is 44.0 Å². The van der Waals surface area contributed by atoms with Crippen molar-refractivity contribution >= 4 is 23.2 Å². The van der Waals surface area contributed by atoms with Crippen molar-refractivity contribution in [3.05, 3.63) is 40.6 Å².